The van der Waals surface area contributed by atoms with E-state index < -0.39 is 17.3 Å². The minimum absolute atomic E-state index is 0.0249. The molecule has 1 fully saturated rings. The second-order valence-corrected chi connectivity index (χ2v) is 9.70. The Labute approximate surface area is 204 Å². The Morgan fingerprint density at radius 2 is 1.83 bits per heavy atom. The molecule has 1 saturated carbocycles. The first-order valence-corrected chi connectivity index (χ1v) is 11.4. The molecule has 0 spiro atoms. The number of aliphatic hydroxyl groups is 3. The number of aromatic nitrogens is 5. The van der Waals surface area contributed by atoms with Gasteiger partial charge in [0.2, 0.25) is 0 Å². The average molecular weight is 500 g/mol. The van der Waals surface area contributed by atoms with Crippen molar-refractivity contribution in [3.8, 4) is 34.0 Å². The Kier molecular flexibility index (Phi) is 5.71. The molecule has 0 atom stereocenters. The lowest BCUT2D eigenvalue weighted by molar-refractivity contribution is -0.262. The Morgan fingerprint density at radius 3 is 2.46 bits per heavy atom. The molecule has 9 nitrogen and oxygen atoms in total. The summed E-state index contributed by atoms with van der Waals surface area (Å²) in [7, 11) is 0. The van der Waals surface area contributed by atoms with Crippen molar-refractivity contribution in [2.45, 2.75) is 50.5 Å². The van der Waals surface area contributed by atoms with E-state index in [4.69, 9.17) is 16.1 Å². The molecule has 0 saturated heterocycles. The highest BCUT2D eigenvalue weighted by Gasteiger charge is 2.42. The van der Waals surface area contributed by atoms with E-state index in [0.29, 0.717) is 16.8 Å². The zero-order valence-corrected chi connectivity index (χ0v) is 19.7. The van der Waals surface area contributed by atoms with E-state index in [-0.39, 0.29) is 40.2 Å². The van der Waals surface area contributed by atoms with E-state index in [1.807, 2.05) is 0 Å². The zero-order chi connectivity index (χ0) is 25.0. The molecule has 0 unspecified atom stereocenters. The summed E-state index contributed by atoms with van der Waals surface area (Å²) in [6.07, 6.45) is 5.71. The minimum atomic E-state index is -2.46. The first kappa shape index (κ1) is 23.6. The Morgan fingerprint density at radius 1 is 1.11 bits per heavy atom. The topological polar surface area (TPSA) is 130 Å². The molecule has 0 amide bonds. The molecule has 182 valence electrons. The van der Waals surface area contributed by atoms with Gasteiger partial charge in [0.25, 0.3) is 5.91 Å². The summed E-state index contributed by atoms with van der Waals surface area (Å²) < 4.78 is 21.7. The Balaban J connectivity index is 1.74. The van der Waals surface area contributed by atoms with Gasteiger partial charge in [0.15, 0.2) is 11.6 Å². The normalized spacial score (nSPS) is 14.5. The van der Waals surface area contributed by atoms with E-state index in [9.17, 15) is 19.7 Å². The summed E-state index contributed by atoms with van der Waals surface area (Å²) >= 11 is 6.33. The van der Waals surface area contributed by atoms with Crippen LogP contribution in [0, 0.1) is 5.82 Å². The first-order chi connectivity index (χ1) is 16.6. The lowest BCUT2D eigenvalue weighted by Crippen LogP contribution is -2.42. The number of rotatable bonds is 7. The van der Waals surface area contributed by atoms with E-state index in [1.165, 1.54) is 44.6 Å². The lowest BCUT2D eigenvalue weighted by Gasteiger charge is -2.30. The predicted octanol–water partition coefficient (Wildman–Crippen LogP) is 4.09. The number of nitrogens with zero attached hydrogens (tertiary/aromatic N) is 5. The van der Waals surface area contributed by atoms with Gasteiger partial charge >= 0.3 is 0 Å². The highest BCUT2D eigenvalue weighted by Crippen LogP contribution is 2.49. The van der Waals surface area contributed by atoms with Gasteiger partial charge in [-0.3, -0.25) is 0 Å². The molecule has 1 aliphatic rings. The highest BCUT2D eigenvalue weighted by atomic mass is 35.5. The lowest BCUT2D eigenvalue weighted by atomic mass is 9.99. The maximum absolute atomic E-state index is 14.9. The maximum atomic E-state index is 14.9. The van der Waals surface area contributed by atoms with Gasteiger partial charge in [-0.1, -0.05) is 22.8 Å². The molecule has 3 aromatic heterocycles. The Hall–Kier alpha value is -3.18. The summed E-state index contributed by atoms with van der Waals surface area (Å²) in [5.74, 6) is -2.66. The summed E-state index contributed by atoms with van der Waals surface area (Å²) in [6.45, 7) is 2.95. The molecule has 0 radical (unpaired) electrons. The molecular weight excluding hydrogens is 477 g/mol. The molecule has 1 aliphatic carbocycles. The third-order valence-electron chi connectivity index (χ3n) is 5.71. The predicted molar refractivity (Wildman–Crippen MR) is 124 cm³/mol. The molecular formula is C24H23ClFN5O4. The van der Waals surface area contributed by atoms with Gasteiger partial charge in [0.05, 0.1) is 45.6 Å². The summed E-state index contributed by atoms with van der Waals surface area (Å²) in [5.41, 5.74) is -0.00103. The van der Waals surface area contributed by atoms with E-state index in [2.05, 4.69) is 20.2 Å². The van der Waals surface area contributed by atoms with Crippen LogP contribution in [0.3, 0.4) is 0 Å². The van der Waals surface area contributed by atoms with Crippen LogP contribution in [0.5, 0.6) is 0 Å². The van der Waals surface area contributed by atoms with Crippen LogP contribution in [-0.4, -0.2) is 45.8 Å². The monoisotopic (exact) mass is 499 g/mol. The smallest absolute Gasteiger partial charge is 0.268 e. The molecule has 4 aromatic rings. The van der Waals surface area contributed by atoms with Crippen LogP contribution in [0.1, 0.15) is 44.7 Å². The van der Waals surface area contributed by atoms with E-state index in [0.717, 1.165) is 17.5 Å². The molecule has 35 heavy (non-hydrogen) atoms. The van der Waals surface area contributed by atoms with Crippen molar-refractivity contribution < 1.29 is 24.2 Å². The second kappa shape index (κ2) is 8.49. The molecule has 3 N–H and O–H groups in total. The molecule has 0 aliphatic heterocycles. The molecule has 5 rings (SSSR count). The van der Waals surface area contributed by atoms with Crippen LogP contribution in [0.15, 0.2) is 47.4 Å². The van der Waals surface area contributed by atoms with Gasteiger partial charge in [-0.05, 0) is 44.9 Å². The van der Waals surface area contributed by atoms with Crippen molar-refractivity contribution in [1.82, 2.24) is 24.9 Å². The van der Waals surface area contributed by atoms with Crippen molar-refractivity contribution >= 4 is 11.6 Å². The number of halogens is 2. The van der Waals surface area contributed by atoms with Crippen molar-refractivity contribution in [1.29, 1.82) is 0 Å². The van der Waals surface area contributed by atoms with Crippen LogP contribution < -0.4 is 0 Å². The Bertz CT molecular complexity index is 1360. The molecule has 0 bridgehead atoms. The van der Waals surface area contributed by atoms with Crippen LogP contribution in [-0.2, 0) is 5.91 Å². The van der Waals surface area contributed by atoms with Crippen molar-refractivity contribution in [3.05, 3.63) is 59.4 Å². The van der Waals surface area contributed by atoms with Gasteiger partial charge in [-0.2, -0.15) is 5.10 Å². The molecule has 3 heterocycles. The quantitative estimate of drug-likeness (QED) is 0.324. The van der Waals surface area contributed by atoms with Gasteiger partial charge in [-0.15, -0.1) is 0 Å². The van der Waals surface area contributed by atoms with Gasteiger partial charge in [0, 0.05) is 18.3 Å². The molecule has 11 heteroatoms. The number of hydrogen-bond acceptors (Lipinski definition) is 8. The van der Waals surface area contributed by atoms with Crippen molar-refractivity contribution in [2.24, 2.45) is 0 Å². The SMILES string of the molecule is CC(C)(O)CC(O)(O)n1ncc(-c2onc(-c3c(F)cccc3Cl)c2-c2ncccn2)c1C1CC1. The van der Waals surface area contributed by atoms with Crippen LogP contribution in [0.4, 0.5) is 4.39 Å². The third kappa shape index (κ3) is 4.45. The molecule has 1 aromatic carbocycles. The highest BCUT2D eigenvalue weighted by molar-refractivity contribution is 6.33. The van der Waals surface area contributed by atoms with E-state index >= 15 is 0 Å². The zero-order valence-electron chi connectivity index (χ0n) is 19.0. The van der Waals surface area contributed by atoms with Crippen molar-refractivity contribution in [2.75, 3.05) is 0 Å². The largest absolute Gasteiger partial charge is 0.390 e. The fraction of sp³-hybridized carbons (Fsp3) is 0.333. The van der Waals surface area contributed by atoms with Crippen LogP contribution >= 0.6 is 11.6 Å². The summed E-state index contributed by atoms with van der Waals surface area (Å²) in [6, 6.07) is 5.94. The van der Waals surface area contributed by atoms with Gasteiger partial charge in [0.1, 0.15) is 11.5 Å². The van der Waals surface area contributed by atoms with Gasteiger partial charge in [-0.25, -0.2) is 19.0 Å². The summed E-state index contributed by atoms with van der Waals surface area (Å²) in [5, 5.41) is 40.4. The standard InChI is InChI=1S/C24H23ClFN5O4/c1-23(2,32)12-24(33,34)31-20(13-7-8-13)14(11-29-31)21-18(22-27-9-4-10-28-22)19(30-35-21)17-15(25)5-3-6-16(17)26/h3-6,9-11,13,32-34H,7-8,12H2,1-2H3. The van der Waals surface area contributed by atoms with Crippen LogP contribution in [0.25, 0.3) is 34.0 Å². The van der Waals surface area contributed by atoms with E-state index in [1.54, 1.807) is 12.1 Å². The first-order valence-electron chi connectivity index (χ1n) is 11.0. The third-order valence-corrected chi connectivity index (χ3v) is 6.02. The van der Waals surface area contributed by atoms with Crippen molar-refractivity contribution in [3.63, 3.8) is 0 Å². The number of benzene rings is 1. The fourth-order valence-electron chi connectivity index (χ4n) is 4.23. The number of hydrogen-bond donors (Lipinski definition) is 3. The van der Waals surface area contributed by atoms with Gasteiger partial charge < -0.3 is 19.8 Å². The second-order valence-electron chi connectivity index (χ2n) is 9.30. The summed E-state index contributed by atoms with van der Waals surface area (Å²) in [4.78, 5) is 8.62. The average Bonchev–Trinajstić information content (AvgIpc) is 3.36. The fourth-order valence-corrected chi connectivity index (χ4v) is 4.48. The maximum Gasteiger partial charge on any atom is 0.268 e. The van der Waals surface area contributed by atoms with Crippen LogP contribution in [0.2, 0.25) is 5.02 Å². The minimum Gasteiger partial charge on any atom is -0.390 e.